The Morgan fingerprint density at radius 1 is 0.321 bits per heavy atom. The first kappa shape index (κ1) is 33.0. The minimum atomic E-state index is 0.190. The molecule has 10 aromatic rings. The van der Waals surface area contributed by atoms with Crippen molar-refractivity contribution in [3.63, 3.8) is 0 Å². The highest BCUT2D eigenvalue weighted by molar-refractivity contribution is 6.12. The lowest BCUT2D eigenvalue weighted by atomic mass is 9.96. The Morgan fingerprint density at radius 3 is 1.50 bits per heavy atom. The number of aromatic nitrogens is 3. The van der Waals surface area contributed by atoms with Gasteiger partial charge in [-0.1, -0.05) is 164 Å². The average molecular weight is 720 g/mol. The lowest BCUT2D eigenvalue weighted by Crippen LogP contribution is -2.01. The number of phenolic OH excluding ortho intramolecular Hbond substituents is 1. The second-order valence-corrected chi connectivity index (χ2v) is 13.8. The van der Waals surface area contributed by atoms with Crippen LogP contribution < -0.4 is 0 Å². The van der Waals surface area contributed by atoms with Crippen LogP contribution in [0.3, 0.4) is 0 Å². The standard InChI is InChI=1S/C51H33N3O2/c55-45-23-10-9-20-41(45)40-19-7-8-21-42(40)50-52-49(36-15-5-2-6-16-36)53-51(54-50)43-22-12-24-47-48(43)44-32-39(29-30-46(44)56-47)35-27-25-34(26-28-35)38-18-11-17-37(31-38)33-13-3-1-4-14-33/h1-32,55H. The molecule has 0 saturated heterocycles. The van der Waals surface area contributed by atoms with Crippen LogP contribution in [0.15, 0.2) is 199 Å². The summed E-state index contributed by atoms with van der Waals surface area (Å²) in [6.45, 7) is 0. The molecule has 0 spiro atoms. The number of rotatable bonds is 7. The van der Waals surface area contributed by atoms with Gasteiger partial charge in [-0.15, -0.1) is 0 Å². The van der Waals surface area contributed by atoms with Crippen molar-refractivity contribution in [1.29, 1.82) is 0 Å². The van der Waals surface area contributed by atoms with E-state index in [2.05, 4.69) is 84.9 Å². The predicted octanol–water partition coefficient (Wildman–Crippen LogP) is 13.1. The Balaban J connectivity index is 1.09. The summed E-state index contributed by atoms with van der Waals surface area (Å²) in [6.07, 6.45) is 0. The van der Waals surface area contributed by atoms with E-state index in [4.69, 9.17) is 19.4 Å². The van der Waals surface area contributed by atoms with Crippen LogP contribution >= 0.6 is 0 Å². The van der Waals surface area contributed by atoms with Crippen molar-refractivity contribution < 1.29 is 9.52 Å². The van der Waals surface area contributed by atoms with Gasteiger partial charge in [-0.3, -0.25) is 0 Å². The fourth-order valence-electron chi connectivity index (χ4n) is 7.50. The molecule has 2 aromatic heterocycles. The Bertz CT molecular complexity index is 3030. The van der Waals surface area contributed by atoms with Gasteiger partial charge in [0.05, 0.1) is 0 Å². The molecule has 0 bridgehead atoms. The molecule has 0 aliphatic rings. The van der Waals surface area contributed by atoms with Gasteiger partial charge in [0.15, 0.2) is 17.5 Å². The normalized spacial score (nSPS) is 11.3. The Morgan fingerprint density at radius 2 is 0.804 bits per heavy atom. The van der Waals surface area contributed by atoms with Crippen LogP contribution in [-0.4, -0.2) is 20.1 Å². The minimum absolute atomic E-state index is 0.190. The van der Waals surface area contributed by atoms with Crippen molar-refractivity contribution in [2.75, 3.05) is 0 Å². The van der Waals surface area contributed by atoms with Crippen molar-refractivity contribution in [2.45, 2.75) is 0 Å². The first-order valence-corrected chi connectivity index (χ1v) is 18.6. The van der Waals surface area contributed by atoms with E-state index in [0.29, 0.717) is 23.0 Å². The van der Waals surface area contributed by atoms with Gasteiger partial charge in [-0.05, 0) is 69.3 Å². The summed E-state index contributed by atoms with van der Waals surface area (Å²) < 4.78 is 6.45. The van der Waals surface area contributed by atoms with Gasteiger partial charge < -0.3 is 9.52 Å². The zero-order chi connectivity index (χ0) is 37.4. The van der Waals surface area contributed by atoms with Gasteiger partial charge >= 0.3 is 0 Å². The number of para-hydroxylation sites is 1. The van der Waals surface area contributed by atoms with Crippen molar-refractivity contribution in [1.82, 2.24) is 15.0 Å². The zero-order valence-corrected chi connectivity index (χ0v) is 30.2. The molecule has 56 heavy (non-hydrogen) atoms. The van der Waals surface area contributed by atoms with E-state index < -0.39 is 0 Å². The third-order valence-electron chi connectivity index (χ3n) is 10.3. The van der Waals surface area contributed by atoms with E-state index in [1.54, 1.807) is 6.07 Å². The van der Waals surface area contributed by atoms with Gasteiger partial charge in [-0.25, -0.2) is 15.0 Å². The summed E-state index contributed by atoms with van der Waals surface area (Å²) in [6, 6.07) is 65.4. The smallest absolute Gasteiger partial charge is 0.164 e. The molecule has 0 saturated carbocycles. The number of phenols is 1. The molecule has 5 nitrogen and oxygen atoms in total. The van der Waals surface area contributed by atoms with E-state index in [1.807, 2.05) is 103 Å². The Hall–Kier alpha value is -7.63. The van der Waals surface area contributed by atoms with E-state index in [0.717, 1.165) is 60.9 Å². The highest BCUT2D eigenvalue weighted by Crippen LogP contribution is 2.40. The molecule has 0 aliphatic heterocycles. The van der Waals surface area contributed by atoms with Gasteiger partial charge in [0.25, 0.3) is 0 Å². The molecule has 0 amide bonds. The molecule has 0 aliphatic carbocycles. The third-order valence-corrected chi connectivity index (χ3v) is 10.3. The first-order chi connectivity index (χ1) is 27.7. The highest BCUT2D eigenvalue weighted by atomic mass is 16.3. The summed E-state index contributed by atoms with van der Waals surface area (Å²) in [4.78, 5) is 15.3. The van der Waals surface area contributed by atoms with Crippen LogP contribution in [0.4, 0.5) is 0 Å². The average Bonchev–Trinajstić information content (AvgIpc) is 3.65. The maximum Gasteiger partial charge on any atom is 0.164 e. The fraction of sp³-hybridized carbons (Fsp3) is 0. The number of hydrogen-bond donors (Lipinski definition) is 1. The summed E-state index contributed by atoms with van der Waals surface area (Å²) >= 11 is 0. The SMILES string of the molecule is Oc1ccccc1-c1ccccc1-c1nc(-c2ccccc2)nc(-c2cccc3oc4ccc(-c5ccc(-c6cccc(-c7ccccc7)c6)cc5)cc4c23)n1. The zero-order valence-electron chi connectivity index (χ0n) is 30.2. The minimum Gasteiger partial charge on any atom is -0.507 e. The highest BCUT2D eigenvalue weighted by Gasteiger charge is 2.20. The molecule has 0 atom stereocenters. The molecule has 0 fully saturated rings. The second-order valence-electron chi connectivity index (χ2n) is 13.8. The monoisotopic (exact) mass is 719 g/mol. The van der Waals surface area contributed by atoms with Gasteiger partial charge in [0, 0.05) is 33.0 Å². The molecular formula is C51H33N3O2. The second kappa shape index (κ2) is 14.0. The van der Waals surface area contributed by atoms with Crippen LogP contribution in [0.25, 0.3) is 101 Å². The quantitative estimate of drug-likeness (QED) is 0.178. The molecule has 1 N–H and O–H groups in total. The summed E-state index contributed by atoms with van der Waals surface area (Å²) in [7, 11) is 0. The lowest BCUT2D eigenvalue weighted by molar-refractivity contribution is 0.477. The summed E-state index contributed by atoms with van der Waals surface area (Å²) in [5.74, 6) is 1.78. The number of fused-ring (bicyclic) bond motifs is 3. The predicted molar refractivity (Wildman–Crippen MR) is 227 cm³/mol. The van der Waals surface area contributed by atoms with Crippen LogP contribution in [0.2, 0.25) is 0 Å². The van der Waals surface area contributed by atoms with Crippen LogP contribution in [0.1, 0.15) is 0 Å². The number of aromatic hydroxyl groups is 1. The summed E-state index contributed by atoms with van der Waals surface area (Å²) in [5.41, 5.74) is 12.5. The van der Waals surface area contributed by atoms with Crippen molar-refractivity contribution in [2.24, 2.45) is 0 Å². The maximum atomic E-state index is 10.9. The molecule has 264 valence electrons. The Kier molecular flexibility index (Phi) is 8.23. The molecular weight excluding hydrogens is 687 g/mol. The molecule has 10 rings (SSSR count). The third kappa shape index (κ3) is 6.07. The topological polar surface area (TPSA) is 72.0 Å². The van der Waals surface area contributed by atoms with Crippen LogP contribution in [0.5, 0.6) is 5.75 Å². The lowest BCUT2D eigenvalue weighted by Gasteiger charge is -2.13. The number of nitrogens with zero attached hydrogens (tertiary/aromatic N) is 3. The molecule has 0 radical (unpaired) electrons. The largest absolute Gasteiger partial charge is 0.507 e. The van der Waals surface area contributed by atoms with Crippen molar-refractivity contribution in [3.05, 3.63) is 194 Å². The van der Waals surface area contributed by atoms with Gasteiger partial charge in [0.1, 0.15) is 16.9 Å². The first-order valence-electron chi connectivity index (χ1n) is 18.6. The van der Waals surface area contributed by atoms with E-state index in [1.165, 1.54) is 16.7 Å². The molecule has 5 heteroatoms. The Labute approximate surface area is 323 Å². The molecule has 0 unspecified atom stereocenters. The number of furan rings is 1. The van der Waals surface area contributed by atoms with Gasteiger partial charge in [0.2, 0.25) is 0 Å². The number of benzene rings is 8. The van der Waals surface area contributed by atoms with E-state index >= 15 is 0 Å². The number of hydrogen-bond acceptors (Lipinski definition) is 5. The van der Waals surface area contributed by atoms with Crippen molar-refractivity contribution >= 4 is 21.9 Å². The fourth-order valence-corrected chi connectivity index (χ4v) is 7.50. The maximum absolute atomic E-state index is 10.9. The van der Waals surface area contributed by atoms with Crippen molar-refractivity contribution in [3.8, 4) is 84.4 Å². The molecule has 8 aromatic carbocycles. The van der Waals surface area contributed by atoms with E-state index in [9.17, 15) is 5.11 Å². The molecule has 2 heterocycles. The van der Waals surface area contributed by atoms with Crippen LogP contribution in [-0.2, 0) is 0 Å². The van der Waals surface area contributed by atoms with Gasteiger partial charge in [-0.2, -0.15) is 0 Å². The summed E-state index contributed by atoms with van der Waals surface area (Å²) in [5, 5.41) is 12.8. The van der Waals surface area contributed by atoms with Crippen LogP contribution in [0, 0.1) is 0 Å². The van der Waals surface area contributed by atoms with E-state index in [-0.39, 0.29) is 5.75 Å².